The number of azo groups is 1. The van der Waals surface area contributed by atoms with Gasteiger partial charge >= 0.3 is 5.97 Å². The third-order valence-electron chi connectivity index (χ3n) is 5.03. The molecule has 6 nitrogen and oxygen atoms in total. The topological polar surface area (TPSA) is 76.2 Å². The van der Waals surface area contributed by atoms with Crippen LogP contribution in [0.2, 0.25) is 10.0 Å². The van der Waals surface area contributed by atoms with Crippen LogP contribution < -0.4 is 0 Å². The zero-order valence-electron chi connectivity index (χ0n) is 17.6. The van der Waals surface area contributed by atoms with Gasteiger partial charge in [-0.05, 0) is 78.3 Å². The highest BCUT2D eigenvalue weighted by molar-refractivity contribution is 9.10. The zero-order chi connectivity index (χ0) is 23.7. The fourth-order valence-electron chi connectivity index (χ4n) is 3.62. The third kappa shape index (κ3) is 4.49. The Labute approximate surface area is 208 Å². The summed E-state index contributed by atoms with van der Waals surface area (Å²) in [4.78, 5) is 13.0. The zero-order valence-corrected chi connectivity index (χ0v) is 20.7. The van der Waals surface area contributed by atoms with Crippen molar-refractivity contribution >= 4 is 67.4 Å². The molecule has 0 aliphatic carbocycles. The second kappa shape index (κ2) is 9.55. The van der Waals surface area contributed by atoms with Crippen molar-refractivity contribution in [3.63, 3.8) is 0 Å². The predicted molar refractivity (Wildman–Crippen MR) is 134 cm³/mol. The summed E-state index contributed by atoms with van der Waals surface area (Å²) in [5.41, 5.74) is 2.97. The largest absolute Gasteiger partial charge is 0.504 e. The lowest BCUT2D eigenvalue weighted by atomic mass is 10.1. The average Bonchev–Trinajstić information content (AvgIpc) is 3.07. The van der Waals surface area contributed by atoms with Crippen LogP contribution >= 0.6 is 39.1 Å². The lowest BCUT2D eigenvalue weighted by Gasteiger charge is -2.10. The molecule has 0 saturated heterocycles. The molecule has 4 aromatic rings. The van der Waals surface area contributed by atoms with Gasteiger partial charge in [0.25, 0.3) is 0 Å². The maximum atomic E-state index is 13.0. The molecule has 0 atom stereocenters. The van der Waals surface area contributed by atoms with Crippen molar-refractivity contribution < 1.29 is 14.6 Å². The molecule has 9 heteroatoms. The molecule has 0 fully saturated rings. The van der Waals surface area contributed by atoms with Gasteiger partial charge in [-0.25, -0.2) is 4.79 Å². The Balaban J connectivity index is 2.05. The second-order valence-electron chi connectivity index (χ2n) is 7.12. The molecule has 4 rings (SSSR count). The van der Waals surface area contributed by atoms with E-state index in [2.05, 4.69) is 26.2 Å². The summed E-state index contributed by atoms with van der Waals surface area (Å²) in [6.45, 7) is 3.74. The number of carbonyl (C=O) groups excluding carboxylic acids is 1. The quantitative estimate of drug-likeness (QED) is 0.202. The Morgan fingerprint density at radius 2 is 1.82 bits per heavy atom. The number of benzene rings is 3. The van der Waals surface area contributed by atoms with Gasteiger partial charge in [-0.2, -0.15) is 5.11 Å². The Hall–Kier alpha value is -2.87. The van der Waals surface area contributed by atoms with Crippen LogP contribution in [0.4, 0.5) is 11.4 Å². The molecule has 168 valence electrons. The van der Waals surface area contributed by atoms with E-state index in [4.69, 9.17) is 27.9 Å². The number of esters is 1. The highest BCUT2D eigenvalue weighted by Gasteiger charge is 2.27. The van der Waals surface area contributed by atoms with Crippen LogP contribution in [-0.4, -0.2) is 22.2 Å². The van der Waals surface area contributed by atoms with Crippen molar-refractivity contribution in [1.82, 2.24) is 4.57 Å². The summed E-state index contributed by atoms with van der Waals surface area (Å²) in [5.74, 6) is -0.667. The van der Waals surface area contributed by atoms with Crippen LogP contribution in [0.1, 0.15) is 23.0 Å². The molecule has 1 heterocycles. The van der Waals surface area contributed by atoms with Crippen LogP contribution in [0.15, 0.2) is 69.3 Å². The summed E-state index contributed by atoms with van der Waals surface area (Å²) in [7, 11) is 0. The maximum Gasteiger partial charge on any atom is 0.340 e. The minimum Gasteiger partial charge on any atom is -0.504 e. The van der Waals surface area contributed by atoms with E-state index in [1.54, 1.807) is 56.3 Å². The maximum absolute atomic E-state index is 13.0. The molecule has 0 bridgehead atoms. The second-order valence-corrected chi connectivity index (χ2v) is 8.85. The first-order chi connectivity index (χ1) is 15.8. The number of phenolic OH excluding ortho intramolecular Hbond substituents is 1. The highest BCUT2D eigenvalue weighted by Crippen LogP contribution is 2.46. The average molecular weight is 547 g/mol. The number of phenols is 1. The monoisotopic (exact) mass is 545 g/mol. The van der Waals surface area contributed by atoms with Gasteiger partial charge in [0.05, 0.1) is 27.8 Å². The van der Waals surface area contributed by atoms with E-state index >= 15 is 0 Å². The van der Waals surface area contributed by atoms with E-state index in [9.17, 15) is 9.90 Å². The standard InChI is InChI=1S/C24H18BrCl2N3O3/c1-3-33-24(32)20-13(2)30(17-6-4-5-15(27)11-17)19-12-18(25)23(31)22(21(19)20)29-28-16-9-7-14(26)8-10-16/h4-12,31H,3H2,1-2H3. The van der Waals surface area contributed by atoms with Crippen LogP contribution in [0.25, 0.3) is 16.6 Å². The lowest BCUT2D eigenvalue weighted by molar-refractivity contribution is 0.0527. The minimum absolute atomic E-state index is 0.140. The molecule has 33 heavy (non-hydrogen) atoms. The first kappa shape index (κ1) is 23.3. The summed E-state index contributed by atoms with van der Waals surface area (Å²) < 4.78 is 7.61. The fraction of sp³-hybridized carbons (Fsp3) is 0.125. The van der Waals surface area contributed by atoms with E-state index < -0.39 is 5.97 Å². The number of halogens is 3. The summed E-state index contributed by atoms with van der Waals surface area (Å²) in [5, 5.41) is 21.0. The number of aromatic nitrogens is 1. The summed E-state index contributed by atoms with van der Waals surface area (Å²) in [6, 6.07) is 15.8. The molecule has 1 aromatic heterocycles. The van der Waals surface area contributed by atoms with Gasteiger partial charge in [0, 0.05) is 26.8 Å². The molecule has 0 radical (unpaired) electrons. The SMILES string of the molecule is CCOC(=O)c1c(C)n(-c2cccc(Cl)c2)c2cc(Br)c(O)c(N=Nc3ccc(Cl)cc3)c12. The number of rotatable bonds is 5. The smallest absolute Gasteiger partial charge is 0.340 e. The van der Waals surface area contributed by atoms with Crippen molar-refractivity contribution in [2.24, 2.45) is 10.2 Å². The van der Waals surface area contributed by atoms with Crippen LogP contribution in [-0.2, 0) is 4.74 Å². The van der Waals surface area contributed by atoms with E-state index in [0.29, 0.717) is 42.4 Å². The van der Waals surface area contributed by atoms with Crippen LogP contribution in [0.5, 0.6) is 5.75 Å². The molecule has 0 aliphatic heterocycles. The Morgan fingerprint density at radius 3 is 2.48 bits per heavy atom. The fourth-order valence-corrected chi connectivity index (χ4v) is 4.34. The van der Waals surface area contributed by atoms with Crippen molar-refractivity contribution in [1.29, 1.82) is 0 Å². The van der Waals surface area contributed by atoms with Crippen molar-refractivity contribution in [2.45, 2.75) is 13.8 Å². The number of ether oxygens (including phenoxy) is 1. The van der Waals surface area contributed by atoms with Crippen molar-refractivity contribution in [3.8, 4) is 11.4 Å². The van der Waals surface area contributed by atoms with E-state index in [1.807, 2.05) is 16.7 Å². The van der Waals surface area contributed by atoms with E-state index in [-0.39, 0.29) is 18.0 Å². The van der Waals surface area contributed by atoms with Gasteiger partial charge in [-0.1, -0.05) is 29.3 Å². The number of hydrogen-bond donors (Lipinski definition) is 1. The number of carbonyl (C=O) groups is 1. The van der Waals surface area contributed by atoms with Crippen molar-refractivity contribution in [2.75, 3.05) is 6.61 Å². The number of fused-ring (bicyclic) bond motifs is 1. The Morgan fingerprint density at radius 1 is 1.09 bits per heavy atom. The molecule has 1 N–H and O–H groups in total. The Bertz CT molecular complexity index is 1400. The van der Waals surface area contributed by atoms with Gasteiger partial charge in [-0.15, -0.1) is 5.11 Å². The van der Waals surface area contributed by atoms with Gasteiger partial charge in [0.1, 0.15) is 5.69 Å². The number of nitrogens with zero attached hydrogens (tertiary/aromatic N) is 3. The number of aromatic hydroxyl groups is 1. The molecule has 3 aromatic carbocycles. The van der Waals surface area contributed by atoms with Crippen LogP contribution in [0.3, 0.4) is 0 Å². The molecule has 0 unspecified atom stereocenters. The van der Waals surface area contributed by atoms with E-state index in [0.717, 1.165) is 5.69 Å². The first-order valence-corrected chi connectivity index (χ1v) is 11.5. The lowest BCUT2D eigenvalue weighted by Crippen LogP contribution is -2.07. The summed E-state index contributed by atoms with van der Waals surface area (Å²) in [6.07, 6.45) is 0. The first-order valence-electron chi connectivity index (χ1n) is 9.98. The molecular weight excluding hydrogens is 529 g/mol. The minimum atomic E-state index is -0.523. The molecule has 0 saturated carbocycles. The third-order valence-corrected chi connectivity index (χ3v) is 6.12. The molecule has 0 aliphatic rings. The van der Waals surface area contributed by atoms with Gasteiger partial charge < -0.3 is 14.4 Å². The highest BCUT2D eigenvalue weighted by atomic mass is 79.9. The molecule has 0 spiro atoms. The Kier molecular flexibility index (Phi) is 6.74. The predicted octanol–water partition coefficient (Wildman–Crippen LogP) is 8.31. The van der Waals surface area contributed by atoms with Gasteiger partial charge in [0.2, 0.25) is 0 Å². The molecular formula is C24H18BrCl2N3O3. The van der Waals surface area contributed by atoms with E-state index in [1.165, 1.54) is 0 Å². The van der Waals surface area contributed by atoms with Crippen LogP contribution in [0, 0.1) is 6.92 Å². The normalized spacial score (nSPS) is 11.4. The summed E-state index contributed by atoms with van der Waals surface area (Å²) >= 11 is 15.6. The number of hydrogen-bond acceptors (Lipinski definition) is 5. The van der Waals surface area contributed by atoms with Gasteiger partial charge in [-0.3, -0.25) is 0 Å². The molecule has 0 amide bonds. The van der Waals surface area contributed by atoms with Crippen molar-refractivity contribution in [3.05, 3.63) is 80.4 Å². The van der Waals surface area contributed by atoms with Gasteiger partial charge in [0.15, 0.2) is 5.75 Å².